The molecule has 0 aromatic heterocycles. The van der Waals surface area contributed by atoms with Crippen molar-refractivity contribution in [1.29, 1.82) is 0 Å². The fourth-order valence-electron chi connectivity index (χ4n) is 2.46. The second-order valence-electron chi connectivity index (χ2n) is 4.72. The van der Waals surface area contributed by atoms with Gasteiger partial charge in [-0.15, -0.1) is 0 Å². The van der Waals surface area contributed by atoms with Crippen LogP contribution in [0.25, 0.3) is 10.8 Å². The number of halogens is 1. The first-order valence-electron chi connectivity index (χ1n) is 6.05. The predicted octanol–water partition coefficient (Wildman–Crippen LogP) is 2.37. The van der Waals surface area contributed by atoms with Crippen molar-refractivity contribution in [2.24, 2.45) is 5.73 Å². The Morgan fingerprint density at radius 1 is 1.32 bits per heavy atom. The number of fused-ring (bicyclic) bond motifs is 1. The minimum atomic E-state index is -0.425. The van der Waals surface area contributed by atoms with Crippen LogP contribution < -0.4 is 10.6 Å². The molecule has 2 aromatic carbocycles. The van der Waals surface area contributed by atoms with Crippen LogP contribution in [0.15, 0.2) is 34.8 Å². The molecule has 0 bridgehead atoms. The molecule has 1 amide bonds. The second-order valence-corrected chi connectivity index (χ2v) is 5.63. The molecule has 1 fully saturated rings. The van der Waals surface area contributed by atoms with E-state index in [9.17, 15) is 9.90 Å². The number of phenolic OH excluding ortho intramolecular Hbond substituents is 1. The van der Waals surface area contributed by atoms with Gasteiger partial charge in [0.15, 0.2) is 0 Å². The number of aromatic hydroxyl groups is 1. The topological polar surface area (TPSA) is 66.6 Å². The summed E-state index contributed by atoms with van der Waals surface area (Å²) in [6, 6.07) is 8.56. The molecule has 1 aliphatic heterocycles. The fraction of sp³-hybridized carbons (Fsp3) is 0.214. The molecule has 0 saturated carbocycles. The zero-order valence-electron chi connectivity index (χ0n) is 10.1. The quantitative estimate of drug-likeness (QED) is 0.847. The maximum Gasteiger partial charge on any atom is 0.243 e. The molecule has 3 rings (SSSR count). The van der Waals surface area contributed by atoms with E-state index in [1.54, 1.807) is 17.0 Å². The maximum absolute atomic E-state index is 12.1. The van der Waals surface area contributed by atoms with Gasteiger partial charge in [0.25, 0.3) is 0 Å². The molecule has 4 nitrogen and oxygen atoms in total. The Bertz CT molecular complexity index is 672. The van der Waals surface area contributed by atoms with Crippen molar-refractivity contribution in [3.05, 3.63) is 34.8 Å². The summed E-state index contributed by atoms with van der Waals surface area (Å²) in [6.45, 7) is 0.612. The van der Waals surface area contributed by atoms with E-state index in [0.717, 1.165) is 20.9 Å². The van der Waals surface area contributed by atoms with Crippen molar-refractivity contribution in [2.45, 2.75) is 12.5 Å². The van der Waals surface area contributed by atoms with E-state index in [0.29, 0.717) is 13.0 Å². The summed E-state index contributed by atoms with van der Waals surface area (Å²) in [5, 5.41) is 11.5. The normalized spacial score (nSPS) is 19.4. The Morgan fingerprint density at radius 2 is 2.11 bits per heavy atom. The first-order chi connectivity index (χ1) is 9.06. The molecular formula is C14H13BrN2O2. The highest BCUT2D eigenvalue weighted by Crippen LogP contribution is 2.35. The van der Waals surface area contributed by atoms with Gasteiger partial charge in [0.2, 0.25) is 5.91 Å². The second kappa shape index (κ2) is 4.51. The fourth-order valence-corrected chi connectivity index (χ4v) is 2.92. The molecular weight excluding hydrogens is 308 g/mol. The molecule has 1 heterocycles. The summed E-state index contributed by atoms with van der Waals surface area (Å²) < 4.78 is 0.897. The Hall–Kier alpha value is -1.59. The van der Waals surface area contributed by atoms with Gasteiger partial charge in [-0.1, -0.05) is 22.0 Å². The minimum Gasteiger partial charge on any atom is -0.508 e. The van der Waals surface area contributed by atoms with E-state index >= 15 is 0 Å². The number of rotatable bonds is 1. The standard InChI is InChI=1S/C14H13BrN2O2/c15-9-5-8-1-2-10(18)7-11(8)13(6-9)17-4-3-12(16)14(17)19/h1-2,5-7,12,18H,3-4,16H2. The number of anilines is 1. The van der Waals surface area contributed by atoms with Gasteiger partial charge in [0, 0.05) is 16.4 Å². The number of hydrogen-bond donors (Lipinski definition) is 2. The summed E-state index contributed by atoms with van der Waals surface area (Å²) in [4.78, 5) is 13.8. The highest BCUT2D eigenvalue weighted by molar-refractivity contribution is 9.10. The SMILES string of the molecule is NC1CCN(c2cc(Br)cc3ccc(O)cc23)C1=O. The first kappa shape index (κ1) is 12.4. The van der Waals surface area contributed by atoms with Crippen LogP contribution in [0, 0.1) is 0 Å². The van der Waals surface area contributed by atoms with Crippen LogP contribution >= 0.6 is 15.9 Å². The number of carbonyl (C=O) groups excluding carboxylic acids is 1. The summed E-state index contributed by atoms with van der Waals surface area (Å²) in [7, 11) is 0. The van der Waals surface area contributed by atoms with Crippen LogP contribution in [0.4, 0.5) is 5.69 Å². The third-order valence-corrected chi connectivity index (χ3v) is 3.88. The molecule has 1 unspecified atom stereocenters. The van der Waals surface area contributed by atoms with Gasteiger partial charge in [0.1, 0.15) is 5.75 Å². The zero-order valence-corrected chi connectivity index (χ0v) is 11.7. The van der Waals surface area contributed by atoms with Gasteiger partial charge in [0.05, 0.1) is 11.7 Å². The van der Waals surface area contributed by atoms with Crippen molar-refractivity contribution >= 4 is 38.3 Å². The molecule has 3 N–H and O–H groups in total. The monoisotopic (exact) mass is 320 g/mol. The Labute approximate surface area is 118 Å². The van der Waals surface area contributed by atoms with Crippen molar-refractivity contribution in [3.63, 3.8) is 0 Å². The van der Waals surface area contributed by atoms with Crippen LogP contribution in [0.2, 0.25) is 0 Å². The van der Waals surface area contributed by atoms with Crippen molar-refractivity contribution in [1.82, 2.24) is 0 Å². The van der Waals surface area contributed by atoms with E-state index in [-0.39, 0.29) is 11.7 Å². The average molecular weight is 321 g/mol. The molecule has 5 heteroatoms. The number of carbonyl (C=O) groups is 1. The summed E-state index contributed by atoms with van der Waals surface area (Å²) in [6.07, 6.45) is 0.658. The molecule has 0 spiro atoms. The minimum absolute atomic E-state index is 0.0669. The number of amides is 1. The smallest absolute Gasteiger partial charge is 0.243 e. The zero-order chi connectivity index (χ0) is 13.6. The van der Waals surface area contributed by atoms with Gasteiger partial charge in [-0.3, -0.25) is 4.79 Å². The van der Waals surface area contributed by atoms with Crippen LogP contribution in [0.1, 0.15) is 6.42 Å². The van der Waals surface area contributed by atoms with Gasteiger partial charge in [-0.05, 0) is 36.1 Å². The van der Waals surface area contributed by atoms with E-state index in [1.807, 2.05) is 18.2 Å². The number of benzene rings is 2. The third-order valence-electron chi connectivity index (χ3n) is 3.42. The molecule has 19 heavy (non-hydrogen) atoms. The van der Waals surface area contributed by atoms with E-state index in [4.69, 9.17) is 5.73 Å². The molecule has 2 aromatic rings. The van der Waals surface area contributed by atoms with Crippen molar-refractivity contribution in [2.75, 3.05) is 11.4 Å². The lowest BCUT2D eigenvalue weighted by atomic mass is 10.1. The van der Waals surface area contributed by atoms with Crippen LogP contribution in [0.5, 0.6) is 5.75 Å². The van der Waals surface area contributed by atoms with Gasteiger partial charge < -0.3 is 15.7 Å². The highest BCUT2D eigenvalue weighted by atomic mass is 79.9. The maximum atomic E-state index is 12.1. The Balaban J connectivity index is 2.22. The average Bonchev–Trinajstić information content (AvgIpc) is 2.70. The van der Waals surface area contributed by atoms with Gasteiger partial charge in [-0.25, -0.2) is 0 Å². The number of hydrogen-bond acceptors (Lipinski definition) is 3. The van der Waals surface area contributed by atoms with Crippen LogP contribution in [0.3, 0.4) is 0 Å². The summed E-state index contributed by atoms with van der Waals surface area (Å²) in [5.41, 5.74) is 6.56. The number of nitrogens with zero attached hydrogens (tertiary/aromatic N) is 1. The van der Waals surface area contributed by atoms with Crippen LogP contribution in [-0.2, 0) is 4.79 Å². The van der Waals surface area contributed by atoms with Gasteiger partial charge in [-0.2, -0.15) is 0 Å². The lowest BCUT2D eigenvalue weighted by Crippen LogP contribution is -2.34. The summed E-state index contributed by atoms with van der Waals surface area (Å²) >= 11 is 3.45. The largest absolute Gasteiger partial charge is 0.508 e. The number of phenols is 1. The van der Waals surface area contributed by atoms with E-state index in [2.05, 4.69) is 15.9 Å². The summed E-state index contributed by atoms with van der Waals surface area (Å²) in [5.74, 6) is 0.120. The van der Waals surface area contributed by atoms with Gasteiger partial charge >= 0.3 is 0 Å². The highest BCUT2D eigenvalue weighted by Gasteiger charge is 2.30. The third kappa shape index (κ3) is 2.09. The lowest BCUT2D eigenvalue weighted by molar-refractivity contribution is -0.118. The lowest BCUT2D eigenvalue weighted by Gasteiger charge is -2.19. The van der Waals surface area contributed by atoms with Crippen molar-refractivity contribution < 1.29 is 9.90 Å². The van der Waals surface area contributed by atoms with E-state index < -0.39 is 6.04 Å². The Morgan fingerprint density at radius 3 is 2.79 bits per heavy atom. The Kier molecular flexibility index (Phi) is 2.95. The molecule has 1 aliphatic rings. The first-order valence-corrected chi connectivity index (χ1v) is 6.85. The predicted molar refractivity (Wildman–Crippen MR) is 78.3 cm³/mol. The molecule has 98 valence electrons. The van der Waals surface area contributed by atoms with E-state index in [1.165, 1.54) is 0 Å². The van der Waals surface area contributed by atoms with Crippen molar-refractivity contribution in [3.8, 4) is 5.75 Å². The number of nitrogens with two attached hydrogens (primary N) is 1. The van der Waals surface area contributed by atoms with Crippen LogP contribution in [-0.4, -0.2) is 23.6 Å². The molecule has 1 atom stereocenters. The molecule has 0 aliphatic carbocycles. The molecule has 1 saturated heterocycles. The molecule has 0 radical (unpaired) electrons.